The van der Waals surface area contributed by atoms with Crippen LogP contribution in [0.15, 0.2) is 53.5 Å². The molecule has 0 aromatic heterocycles. The fourth-order valence-electron chi connectivity index (χ4n) is 3.95. The topological polar surface area (TPSA) is 69.1 Å². The number of hydrogen-bond donors (Lipinski definition) is 3. The summed E-state index contributed by atoms with van der Waals surface area (Å²) in [5.41, 5.74) is 7.59. The molecule has 2 aromatic carbocycles. The van der Waals surface area contributed by atoms with Gasteiger partial charge in [0.15, 0.2) is 5.84 Å². The number of benzene rings is 2. The number of nitrogens with one attached hydrogen (secondary N) is 2. The Labute approximate surface area is 192 Å². The average molecular weight is 439 g/mol. The van der Waals surface area contributed by atoms with Crippen LogP contribution in [0.2, 0.25) is 0 Å². The summed E-state index contributed by atoms with van der Waals surface area (Å²) in [7, 11) is 1.76. The molecular formula is C26H38N4O2. The molecule has 2 aromatic rings. The summed E-state index contributed by atoms with van der Waals surface area (Å²) in [5, 5.41) is 13.3. The minimum atomic E-state index is -0.139. The molecule has 0 saturated carbocycles. The van der Waals surface area contributed by atoms with Crippen LogP contribution in [0, 0.1) is 0 Å². The summed E-state index contributed by atoms with van der Waals surface area (Å²) < 4.78 is 0. The highest BCUT2D eigenvalue weighted by molar-refractivity contribution is 5.98. The van der Waals surface area contributed by atoms with Crippen molar-refractivity contribution < 1.29 is 9.94 Å². The molecule has 0 aliphatic carbocycles. The molecule has 2 unspecified atom stereocenters. The van der Waals surface area contributed by atoms with Crippen LogP contribution in [0.5, 0.6) is 0 Å². The van der Waals surface area contributed by atoms with Gasteiger partial charge in [-0.3, -0.25) is 14.7 Å². The number of amidine groups is 1. The van der Waals surface area contributed by atoms with Crippen molar-refractivity contribution in [1.29, 1.82) is 0 Å². The Bertz CT molecular complexity index is 836. The second kappa shape index (κ2) is 12.6. The standard InChI is InChI=1S/C26H38N4O2/c1-4-5-16-32-29-26(27-3)23-10-12-24(13-11-23)28-18-21-6-8-22(9-7-21)19-30-15-14-25(31)17-20(30)2/h6-13,20,25,28,31H,4-5,14-19H2,1-3H3,(H,27,29). The largest absolute Gasteiger partial charge is 0.393 e. The lowest BCUT2D eigenvalue weighted by atomic mass is 10.00. The predicted octanol–water partition coefficient (Wildman–Crippen LogP) is 4.34. The molecule has 3 N–H and O–H groups in total. The Kier molecular flexibility index (Phi) is 9.53. The van der Waals surface area contributed by atoms with Gasteiger partial charge in [-0.15, -0.1) is 0 Å². The third-order valence-corrected chi connectivity index (χ3v) is 6.04. The van der Waals surface area contributed by atoms with E-state index in [1.165, 1.54) is 11.1 Å². The molecular weight excluding hydrogens is 400 g/mol. The van der Waals surface area contributed by atoms with E-state index in [-0.39, 0.29) is 6.10 Å². The molecule has 2 atom stereocenters. The summed E-state index contributed by atoms with van der Waals surface area (Å²) in [6.07, 6.45) is 3.73. The van der Waals surface area contributed by atoms with Crippen LogP contribution in [0.25, 0.3) is 0 Å². The lowest BCUT2D eigenvalue weighted by Gasteiger charge is -2.35. The Morgan fingerprint density at radius 1 is 1.12 bits per heavy atom. The maximum absolute atomic E-state index is 9.81. The third kappa shape index (κ3) is 7.33. The van der Waals surface area contributed by atoms with Gasteiger partial charge in [0.25, 0.3) is 0 Å². The van der Waals surface area contributed by atoms with E-state index in [0.717, 1.165) is 62.4 Å². The van der Waals surface area contributed by atoms with Gasteiger partial charge in [-0.1, -0.05) is 37.6 Å². The van der Waals surface area contributed by atoms with E-state index in [9.17, 15) is 5.11 Å². The quantitative estimate of drug-likeness (QED) is 0.223. The van der Waals surface area contributed by atoms with Gasteiger partial charge < -0.3 is 10.4 Å². The summed E-state index contributed by atoms with van der Waals surface area (Å²) in [4.78, 5) is 12.2. The van der Waals surface area contributed by atoms with E-state index >= 15 is 0 Å². The smallest absolute Gasteiger partial charge is 0.152 e. The fourth-order valence-corrected chi connectivity index (χ4v) is 3.95. The van der Waals surface area contributed by atoms with Crippen LogP contribution in [0.3, 0.4) is 0 Å². The van der Waals surface area contributed by atoms with E-state index < -0.39 is 0 Å². The maximum atomic E-state index is 9.81. The molecule has 1 aliphatic rings. The van der Waals surface area contributed by atoms with Crippen LogP contribution >= 0.6 is 0 Å². The summed E-state index contributed by atoms with van der Waals surface area (Å²) in [6, 6.07) is 17.5. The minimum Gasteiger partial charge on any atom is -0.393 e. The summed E-state index contributed by atoms with van der Waals surface area (Å²) in [5.74, 6) is 0.737. The number of anilines is 1. The van der Waals surface area contributed by atoms with Crippen molar-refractivity contribution in [3.05, 3.63) is 65.2 Å². The number of aliphatic imine (C=N–C) groups is 1. The number of unbranched alkanes of at least 4 members (excludes halogenated alkanes) is 1. The van der Waals surface area contributed by atoms with E-state index in [0.29, 0.717) is 12.6 Å². The molecule has 0 amide bonds. The normalized spacial score (nSPS) is 19.7. The molecule has 32 heavy (non-hydrogen) atoms. The van der Waals surface area contributed by atoms with Crippen LogP contribution in [0.4, 0.5) is 5.69 Å². The van der Waals surface area contributed by atoms with E-state index in [1.54, 1.807) is 7.05 Å². The van der Waals surface area contributed by atoms with Crippen molar-refractivity contribution in [3.63, 3.8) is 0 Å². The second-order valence-electron chi connectivity index (χ2n) is 8.62. The molecule has 0 radical (unpaired) electrons. The Balaban J connectivity index is 1.47. The number of aliphatic hydroxyl groups excluding tert-OH is 1. The monoisotopic (exact) mass is 438 g/mol. The number of hydrogen-bond acceptors (Lipinski definition) is 5. The van der Waals surface area contributed by atoms with Crippen molar-refractivity contribution in [1.82, 2.24) is 10.4 Å². The molecule has 174 valence electrons. The lowest BCUT2D eigenvalue weighted by Crippen LogP contribution is -2.41. The van der Waals surface area contributed by atoms with E-state index in [1.807, 2.05) is 12.1 Å². The number of likely N-dealkylation sites (tertiary alicyclic amines) is 1. The molecule has 1 heterocycles. The number of aliphatic hydroxyl groups is 1. The van der Waals surface area contributed by atoms with Crippen molar-refractivity contribution in [2.45, 2.75) is 64.8 Å². The average Bonchev–Trinajstić information content (AvgIpc) is 2.81. The Hall–Kier alpha value is -2.41. The van der Waals surface area contributed by atoms with Gasteiger partial charge in [-0.2, -0.15) is 0 Å². The molecule has 0 bridgehead atoms. The van der Waals surface area contributed by atoms with Gasteiger partial charge in [0, 0.05) is 44.0 Å². The first-order valence-electron chi connectivity index (χ1n) is 11.8. The van der Waals surface area contributed by atoms with Crippen molar-refractivity contribution in [3.8, 4) is 0 Å². The van der Waals surface area contributed by atoms with E-state index in [4.69, 9.17) is 4.84 Å². The first-order valence-corrected chi connectivity index (χ1v) is 11.8. The zero-order chi connectivity index (χ0) is 22.8. The first kappa shape index (κ1) is 24.2. The van der Waals surface area contributed by atoms with Gasteiger partial charge in [0.2, 0.25) is 0 Å². The summed E-state index contributed by atoms with van der Waals surface area (Å²) >= 11 is 0. The van der Waals surface area contributed by atoms with Gasteiger partial charge in [-0.05, 0) is 61.6 Å². The maximum Gasteiger partial charge on any atom is 0.152 e. The van der Waals surface area contributed by atoms with Gasteiger partial charge in [0.1, 0.15) is 0 Å². The van der Waals surface area contributed by atoms with Crippen LogP contribution in [-0.4, -0.2) is 48.2 Å². The molecule has 3 rings (SSSR count). The number of piperidine rings is 1. The van der Waals surface area contributed by atoms with E-state index in [2.05, 4.69) is 70.9 Å². The minimum absolute atomic E-state index is 0.139. The summed E-state index contributed by atoms with van der Waals surface area (Å²) in [6.45, 7) is 7.71. The molecule has 1 fully saturated rings. The molecule has 1 saturated heterocycles. The number of hydroxylamine groups is 1. The molecule has 6 heteroatoms. The van der Waals surface area contributed by atoms with Gasteiger partial charge >= 0.3 is 0 Å². The zero-order valence-corrected chi connectivity index (χ0v) is 19.7. The first-order chi connectivity index (χ1) is 15.6. The highest BCUT2D eigenvalue weighted by Crippen LogP contribution is 2.20. The third-order valence-electron chi connectivity index (χ3n) is 6.04. The van der Waals surface area contributed by atoms with Crippen molar-refractivity contribution in [2.24, 2.45) is 4.99 Å². The van der Waals surface area contributed by atoms with Gasteiger partial charge in [-0.25, -0.2) is 5.48 Å². The Morgan fingerprint density at radius 2 is 1.84 bits per heavy atom. The Morgan fingerprint density at radius 3 is 2.50 bits per heavy atom. The number of rotatable bonds is 10. The molecule has 6 nitrogen and oxygen atoms in total. The zero-order valence-electron chi connectivity index (χ0n) is 19.7. The SMILES string of the molecule is CCCCONC(=NC)c1ccc(NCc2ccc(CN3CCC(O)CC3C)cc2)cc1. The van der Waals surface area contributed by atoms with Crippen LogP contribution in [-0.2, 0) is 17.9 Å². The van der Waals surface area contributed by atoms with Crippen LogP contribution < -0.4 is 10.8 Å². The number of nitrogens with zero attached hydrogens (tertiary/aromatic N) is 2. The molecule has 0 spiro atoms. The highest BCUT2D eigenvalue weighted by Gasteiger charge is 2.23. The van der Waals surface area contributed by atoms with Gasteiger partial charge in [0.05, 0.1) is 12.7 Å². The second-order valence-corrected chi connectivity index (χ2v) is 8.62. The lowest BCUT2D eigenvalue weighted by molar-refractivity contribution is 0.0442. The van der Waals surface area contributed by atoms with Crippen molar-refractivity contribution in [2.75, 3.05) is 25.5 Å². The molecule has 1 aliphatic heterocycles. The van der Waals surface area contributed by atoms with Crippen molar-refractivity contribution >= 4 is 11.5 Å². The fraction of sp³-hybridized carbons (Fsp3) is 0.500. The highest BCUT2D eigenvalue weighted by atomic mass is 16.6. The van der Waals surface area contributed by atoms with Crippen LogP contribution in [0.1, 0.15) is 56.2 Å². The predicted molar refractivity (Wildman–Crippen MR) is 132 cm³/mol.